The van der Waals surface area contributed by atoms with Crippen LogP contribution in [0.25, 0.3) is 0 Å². The quantitative estimate of drug-likeness (QED) is 0.645. The molecule has 1 aromatic carbocycles. The molecule has 0 bridgehead atoms. The first-order valence-electron chi connectivity index (χ1n) is 9.59. The number of nitrogens with one attached hydrogen (secondary N) is 2. The SMILES string of the molecule is COC(=O)c1ccc(C[NH+]2CC[NH+](Cc3cc(OC)c(OC)cc3C)CC2)o1. The third-order valence-electron chi connectivity index (χ3n) is 5.42. The molecule has 2 N–H and O–H groups in total. The standard InChI is InChI=1S/C21H28N2O5/c1-15-11-19(25-2)20(26-3)12-16(15)13-22-7-9-23(10-8-22)14-17-5-6-18(28-17)21(24)27-4/h5-6,11-12H,7-10,13-14H2,1-4H3/p+2. The van der Waals surface area contributed by atoms with Crippen molar-refractivity contribution < 1.29 is 33.2 Å². The molecule has 1 aliphatic rings. The van der Waals surface area contributed by atoms with Gasteiger partial charge in [-0.05, 0) is 36.8 Å². The number of benzene rings is 1. The molecule has 0 atom stereocenters. The fraction of sp³-hybridized carbons (Fsp3) is 0.476. The van der Waals surface area contributed by atoms with Crippen LogP contribution in [0.3, 0.4) is 0 Å². The van der Waals surface area contributed by atoms with E-state index in [0.29, 0.717) is 0 Å². The monoisotopic (exact) mass is 390 g/mol. The second-order valence-corrected chi connectivity index (χ2v) is 7.24. The van der Waals surface area contributed by atoms with E-state index in [-0.39, 0.29) is 5.76 Å². The smallest absolute Gasteiger partial charge is 0.373 e. The fourth-order valence-corrected chi connectivity index (χ4v) is 3.72. The van der Waals surface area contributed by atoms with E-state index in [1.165, 1.54) is 23.1 Å². The number of methoxy groups -OCH3 is 3. The number of hydrogen-bond acceptors (Lipinski definition) is 5. The molecule has 7 nitrogen and oxygen atoms in total. The lowest BCUT2D eigenvalue weighted by atomic mass is 10.1. The Morgan fingerprint density at radius 1 is 0.964 bits per heavy atom. The number of carbonyl (C=O) groups excluding carboxylic acids is 1. The summed E-state index contributed by atoms with van der Waals surface area (Å²) in [4.78, 5) is 14.5. The summed E-state index contributed by atoms with van der Waals surface area (Å²) in [5.41, 5.74) is 2.52. The summed E-state index contributed by atoms with van der Waals surface area (Å²) in [7, 11) is 4.70. The van der Waals surface area contributed by atoms with Crippen molar-refractivity contribution in [2.75, 3.05) is 47.5 Å². The minimum Gasteiger partial charge on any atom is -0.493 e. The minimum atomic E-state index is -0.430. The zero-order valence-electron chi connectivity index (χ0n) is 17.1. The maximum atomic E-state index is 11.5. The summed E-state index contributed by atoms with van der Waals surface area (Å²) in [5.74, 6) is 2.23. The number of carbonyl (C=O) groups is 1. The van der Waals surface area contributed by atoms with E-state index in [9.17, 15) is 4.79 Å². The van der Waals surface area contributed by atoms with Crippen LogP contribution in [-0.4, -0.2) is 53.5 Å². The van der Waals surface area contributed by atoms with E-state index in [1.807, 2.05) is 12.1 Å². The molecule has 152 valence electrons. The van der Waals surface area contributed by atoms with Crippen LogP contribution in [0.2, 0.25) is 0 Å². The number of rotatable bonds is 7. The lowest BCUT2D eigenvalue weighted by molar-refractivity contribution is -1.02. The molecule has 28 heavy (non-hydrogen) atoms. The van der Waals surface area contributed by atoms with Crippen LogP contribution >= 0.6 is 0 Å². The average molecular weight is 390 g/mol. The van der Waals surface area contributed by atoms with E-state index in [4.69, 9.17) is 18.6 Å². The van der Waals surface area contributed by atoms with Gasteiger partial charge in [0.1, 0.15) is 39.3 Å². The third kappa shape index (κ3) is 4.66. The summed E-state index contributed by atoms with van der Waals surface area (Å²) < 4.78 is 21.1. The van der Waals surface area contributed by atoms with Crippen LogP contribution in [0.1, 0.15) is 27.4 Å². The van der Waals surface area contributed by atoms with Crippen molar-refractivity contribution >= 4 is 5.97 Å². The number of furan rings is 1. The molecule has 0 spiro atoms. The molecular formula is C21H30N2O5+2. The number of esters is 1. The number of ether oxygens (including phenoxy) is 3. The zero-order valence-corrected chi connectivity index (χ0v) is 17.1. The van der Waals surface area contributed by atoms with Gasteiger partial charge < -0.3 is 28.4 Å². The molecule has 1 aromatic heterocycles. The number of piperazine rings is 1. The molecule has 3 rings (SSSR count). The highest BCUT2D eigenvalue weighted by molar-refractivity contribution is 5.86. The van der Waals surface area contributed by atoms with Gasteiger partial charge in [0.15, 0.2) is 17.3 Å². The topological polar surface area (TPSA) is 66.8 Å². The van der Waals surface area contributed by atoms with E-state index in [2.05, 4.69) is 13.0 Å². The third-order valence-corrected chi connectivity index (χ3v) is 5.42. The van der Waals surface area contributed by atoms with Gasteiger partial charge in [-0.2, -0.15) is 0 Å². The predicted molar refractivity (Wildman–Crippen MR) is 103 cm³/mol. The van der Waals surface area contributed by atoms with Crippen molar-refractivity contribution in [1.82, 2.24) is 0 Å². The Morgan fingerprint density at radius 3 is 2.18 bits per heavy atom. The van der Waals surface area contributed by atoms with Gasteiger partial charge in [0.05, 0.1) is 21.3 Å². The van der Waals surface area contributed by atoms with Crippen molar-refractivity contribution in [2.24, 2.45) is 0 Å². The Kier molecular flexibility index (Phi) is 6.59. The Labute approximate surface area is 165 Å². The first-order chi connectivity index (χ1) is 13.5. The Balaban J connectivity index is 1.54. The minimum absolute atomic E-state index is 0.269. The first kappa shape index (κ1) is 20.2. The summed E-state index contributed by atoms with van der Waals surface area (Å²) in [6.07, 6.45) is 0. The molecule has 0 amide bonds. The van der Waals surface area contributed by atoms with Gasteiger partial charge in [-0.15, -0.1) is 0 Å². The molecule has 1 aliphatic heterocycles. The Bertz CT molecular complexity index is 809. The van der Waals surface area contributed by atoms with Crippen molar-refractivity contribution in [2.45, 2.75) is 20.0 Å². The second kappa shape index (κ2) is 9.12. The normalized spacial score (nSPS) is 19.3. The molecule has 7 heteroatoms. The zero-order chi connectivity index (χ0) is 20.1. The summed E-state index contributed by atoms with van der Waals surface area (Å²) >= 11 is 0. The van der Waals surface area contributed by atoms with Crippen LogP contribution in [0.4, 0.5) is 0 Å². The van der Waals surface area contributed by atoms with Gasteiger partial charge in [-0.3, -0.25) is 0 Å². The van der Waals surface area contributed by atoms with Crippen LogP contribution in [0.15, 0.2) is 28.7 Å². The molecule has 1 fully saturated rings. The fourth-order valence-electron chi connectivity index (χ4n) is 3.72. The van der Waals surface area contributed by atoms with E-state index < -0.39 is 5.97 Å². The molecule has 2 aromatic rings. The highest BCUT2D eigenvalue weighted by Crippen LogP contribution is 2.29. The Hall–Kier alpha value is -2.51. The number of hydrogen-bond donors (Lipinski definition) is 2. The van der Waals surface area contributed by atoms with Crippen molar-refractivity contribution in [3.05, 3.63) is 46.9 Å². The Morgan fingerprint density at radius 2 is 1.57 bits per heavy atom. The summed E-state index contributed by atoms with van der Waals surface area (Å²) in [5, 5.41) is 0. The highest BCUT2D eigenvalue weighted by Gasteiger charge is 2.25. The number of quaternary nitrogens is 2. The summed E-state index contributed by atoms with van der Waals surface area (Å²) in [6.45, 7) is 8.20. The molecule has 1 saturated heterocycles. The lowest BCUT2D eigenvalue weighted by Crippen LogP contribution is -3.27. The first-order valence-corrected chi connectivity index (χ1v) is 9.59. The van der Waals surface area contributed by atoms with E-state index in [1.54, 1.807) is 25.2 Å². The second-order valence-electron chi connectivity index (χ2n) is 7.24. The average Bonchev–Trinajstić information content (AvgIpc) is 3.18. The molecule has 0 saturated carbocycles. The number of aryl methyl sites for hydroxylation is 1. The van der Waals surface area contributed by atoms with E-state index in [0.717, 1.165) is 56.5 Å². The van der Waals surface area contributed by atoms with Gasteiger partial charge in [0, 0.05) is 5.56 Å². The largest absolute Gasteiger partial charge is 0.493 e. The molecular weight excluding hydrogens is 360 g/mol. The van der Waals surface area contributed by atoms with Crippen molar-refractivity contribution in [3.8, 4) is 11.5 Å². The maximum absolute atomic E-state index is 11.5. The van der Waals surface area contributed by atoms with Gasteiger partial charge in [0.2, 0.25) is 5.76 Å². The predicted octanol–water partition coefficient (Wildman–Crippen LogP) is -0.125. The van der Waals surface area contributed by atoms with Crippen molar-refractivity contribution in [3.63, 3.8) is 0 Å². The van der Waals surface area contributed by atoms with Gasteiger partial charge in [0.25, 0.3) is 0 Å². The maximum Gasteiger partial charge on any atom is 0.373 e. The van der Waals surface area contributed by atoms with Crippen LogP contribution in [0.5, 0.6) is 11.5 Å². The molecule has 0 unspecified atom stereocenters. The molecule has 0 aliphatic carbocycles. The van der Waals surface area contributed by atoms with E-state index >= 15 is 0 Å². The molecule has 2 heterocycles. The van der Waals surface area contributed by atoms with Gasteiger partial charge >= 0.3 is 5.97 Å². The van der Waals surface area contributed by atoms with Crippen molar-refractivity contribution in [1.29, 1.82) is 0 Å². The molecule has 0 radical (unpaired) electrons. The van der Waals surface area contributed by atoms with Crippen LogP contribution in [0, 0.1) is 6.92 Å². The lowest BCUT2D eigenvalue weighted by Gasteiger charge is -2.29. The van der Waals surface area contributed by atoms with Crippen LogP contribution in [-0.2, 0) is 17.8 Å². The van der Waals surface area contributed by atoms with Gasteiger partial charge in [-0.1, -0.05) is 0 Å². The summed E-state index contributed by atoms with van der Waals surface area (Å²) in [6, 6.07) is 7.69. The highest BCUT2D eigenvalue weighted by atomic mass is 16.5. The van der Waals surface area contributed by atoms with Gasteiger partial charge in [-0.25, -0.2) is 4.79 Å². The van der Waals surface area contributed by atoms with Crippen LogP contribution < -0.4 is 19.3 Å².